The molecule has 1 amide bonds. The Bertz CT molecular complexity index is 1020. The van der Waals surface area contributed by atoms with Crippen molar-refractivity contribution >= 4 is 23.0 Å². The van der Waals surface area contributed by atoms with Crippen LogP contribution >= 0.6 is 11.3 Å². The molecule has 1 saturated heterocycles. The predicted octanol–water partition coefficient (Wildman–Crippen LogP) is 3.69. The zero-order valence-corrected chi connectivity index (χ0v) is 18.1. The number of nitrogens with one attached hydrogen (secondary N) is 1. The van der Waals surface area contributed by atoms with Gasteiger partial charge in [0.05, 0.1) is 28.7 Å². The molecule has 30 heavy (non-hydrogen) atoms. The zero-order chi connectivity index (χ0) is 21.1. The average molecular weight is 423 g/mol. The summed E-state index contributed by atoms with van der Waals surface area (Å²) >= 11 is 1.69. The summed E-state index contributed by atoms with van der Waals surface area (Å²) in [6, 6.07) is 13.9. The number of Topliss-reactive ketones (excluding diaryl/α,β-unsaturated/α-hetero) is 1. The average Bonchev–Trinajstić information content (AvgIpc) is 3.51. The van der Waals surface area contributed by atoms with Gasteiger partial charge < -0.3 is 5.32 Å². The Labute approximate surface area is 180 Å². The Morgan fingerprint density at radius 2 is 1.83 bits per heavy atom. The van der Waals surface area contributed by atoms with Gasteiger partial charge in [0.25, 0.3) is 11.7 Å². The molecule has 0 radical (unpaired) electrons. The van der Waals surface area contributed by atoms with Crippen LogP contribution in [-0.2, 0) is 4.79 Å². The number of carbonyl (C=O) groups excluding carboxylic acids is 2. The summed E-state index contributed by atoms with van der Waals surface area (Å²) in [7, 11) is 0. The van der Waals surface area contributed by atoms with Crippen LogP contribution in [0.15, 0.2) is 47.8 Å². The minimum absolute atomic E-state index is 0.110. The van der Waals surface area contributed by atoms with Gasteiger partial charge in [-0.2, -0.15) is 5.10 Å². The van der Waals surface area contributed by atoms with E-state index in [2.05, 4.69) is 26.8 Å². The van der Waals surface area contributed by atoms with Gasteiger partial charge in [-0.15, -0.1) is 11.3 Å². The van der Waals surface area contributed by atoms with E-state index in [0.29, 0.717) is 23.5 Å². The van der Waals surface area contributed by atoms with Gasteiger partial charge in [0.15, 0.2) is 0 Å². The molecule has 1 aliphatic rings. The number of para-hydroxylation sites is 1. The van der Waals surface area contributed by atoms with E-state index in [1.807, 2.05) is 43.3 Å². The predicted molar refractivity (Wildman–Crippen MR) is 118 cm³/mol. The van der Waals surface area contributed by atoms with E-state index in [0.717, 1.165) is 18.8 Å². The van der Waals surface area contributed by atoms with E-state index >= 15 is 0 Å². The van der Waals surface area contributed by atoms with E-state index in [1.54, 1.807) is 22.9 Å². The molecule has 7 heteroatoms. The smallest absolute Gasteiger partial charge is 0.292 e. The van der Waals surface area contributed by atoms with Crippen molar-refractivity contribution in [2.24, 2.45) is 0 Å². The Hall–Kier alpha value is -2.77. The first-order valence-corrected chi connectivity index (χ1v) is 11.2. The van der Waals surface area contributed by atoms with Crippen LogP contribution in [0.5, 0.6) is 0 Å². The topological polar surface area (TPSA) is 67.2 Å². The maximum absolute atomic E-state index is 13.0. The molecule has 1 N–H and O–H groups in total. The van der Waals surface area contributed by atoms with Gasteiger partial charge in [0, 0.05) is 11.4 Å². The number of likely N-dealkylation sites (tertiary alicyclic amines) is 1. The van der Waals surface area contributed by atoms with Crippen LogP contribution in [-0.4, -0.2) is 46.0 Å². The summed E-state index contributed by atoms with van der Waals surface area (Å²) in [6.07, 6.45) is 2.34. The van der Waals surface area contributed by atoms with E-state index in [9.17, 15) is 9.59 Å². The summed E-state index contributed by atoms with van der Waals surface area (Å²) < 4.78 is 1.72. The highest BCUT2D eigenvalue weighted by Crippen LogP contribution is 2.28. The Morgan fingerprint density at radius 3 is 2.50 bits per heavy atom. The SMILES string of the molecule is Cc1nn(-c2ccccc2)c(C)c1C(=O)C(=O)NC[C@H](c1cccs1)N1CCCC1. The second-order valence-electron chi connectivity index (χ2n) is 7.61. The molecule has 3 aromatic rings. The van der Waals surface area contributed by atoms with Gasteiger partial charge in [-0.25, -0.2) is 4.68 Å². The van der Waals surface area contributed by atoms with E-state index in [-0.39, 0.29) is 6.04 Å². The largest absolute Gasteiger partial charge is 0.347 e. The summed E-state index contributed by atoms with van der Waals surface area (Å²) in [5.74, 6) is -1.10. The summed E-state index contributed by atoms with van der Waals surface area (Å²) in [6.45, 7) is 6.07. The number of aromatic nitrogens is 2. The van der Waals surface area contributed by atoms with Gasteiger partial charge in [0.2, 0.25) is 0 Å². The van der Waals surface area contributed by atoms with Crippen LogP contribution < -0.4 is 5.32 Å². The normalized spacial score (nSPS) is 15.3. The molecular weight excluding hydrogens is 396 g/mol. The number of benzene rings is 1. The third-order valence-electron chi connectivity index (χ3n) is 5.63. The molecule has 1 aromatic carbocycles. The maximum atomic E-state index is 13.0. The summed E-state index contributed by atoms with van der Waals surface area (Å²) in [5, 5.41) is 9.43. The van der Waals surface area contributed by atoms with Crippen LogP contribution in [0.2, 0.25) is 0 Å². The maximum Gasteiger partial charge on any atom is 0.292 e. The van der Waals surface area contributed by atoms with Crippen molar-refractivity contribution in [3.05, 3.63) is 69.7 Å². The zero-order valence-electron chi connectivity index (χ0n) is 17.3. The summed E-state index contributed by atoms with van der Waals surface area (Å²) in [4.78, 5) is 29.4. The highest BCUT2D eigenvalue weighted by molar-refractivity contribution is 7.10. The fraction of sp³-hybridized carbons (Fsp3) is 0.348. The van der Waals surface area contributed by atoms with Crippen LogP contribution in [0.4, 0.5) is 0 Å². The van der Waals surface area contributed by atoms with Gasteiger partial charge in [-0.05, 0) is 63.4 Å². The molecule has 3 heterocycles. The minimum atomic E-state index is -0.574. The minimum Gasteiger partial charge on any atom is -0.347 e. The molecule has 156 valence electrons. The molecule has 1 aliphatic heterocycles. The molecule has 4 rings (SSSR count). The fourth-order valence-corrected chi connectivity index (χ4v) is 4.98. The molecule has 1 fully saturated rings. The van der Waals surface area contributed by atoms with Crippen molar-refractivity contribution in [3.63, 3.8) is 0 Å². The number of hydrogen-bond donors (Lipinski definition) is 1. The van der Waals surface area contributed by atoms with Gasteiger partial charge in [0.1, 0.15) is 0 Å². The fourth-order valence-electron chi connectivity index (χ4n) is 4.12. The van der Waals surface area contributed by atoms with E-state index in [4.69, 9.17) is 0 Å². The van der Waals surface area contributed by atoms with Crippen LogP contribution in [0.1, 0.15) is 45.5 Å². The van der Waals surface area contributed by atoms with Crippen molar-refractivity contribution in [2.75, 3.05) is 19.6 Å². The first-order valence-electron chi connectivity index (χ1n) is 10.3. The Kier molecular flexibility index (Phi) is 6.11. The number of hydrogen-bond acceptors (Lipinski definition) is 5. The summed E-state index contributed by atoms with van der Waals surface area (Å²) in [5.41, 5.74) is 2.48. The molecular formula is C23H26N4O2S. The molecule has 1 atom stereocenters. The second kappa shape index (κ2) is 8.93. The Balaban J connectivity index is 1.50. The highest BCUT2D eigenvalue weighted by atomic mass is 32.1. The lowest BCUT2D eigenvalue weighted by Gasteiger charge is -2.26. The lowest BCUT2D eigenvalue weighted by atomic mass is 10.1. The highest BCUT2D eigenvalue weighted by Gasteiger charge is 2.28. The number of carbonyl (C=O) groups is 2. The van der Waals surface area contributed by atoms with Crippen molar-refractivity contribution < 1.29 is 9.59 Å². The van der Waals surface area contributed by atoms with E-state index in [1.165, 1.54) is 17.7 Å². The van der Waals surface area contributed by atoms with Gasteiger partial charge >= 0.3 is 0 Å². The van der Waals surface area contributed by atoms with Gasteiger partial charge in [-0.1, -0.05) is 24.3 Å². The molecule has 6 nitrogen and oxygen atoms in total. The molecule has 0 saturated carbocycles. The molecule has 0 bridgehead atoms. The third-order valence-corrected chi connectivity index (χ3v) is 6.61. The number of ketones is 1. The molecule has 2 aromatic heterocycles. The number of aryl methyl sites for hydroxylation is 1. The number of amides is 1. The molecule has 0 spiro atoms. The monoisotopic (exact) mass is 422 g/mol. The van der Waals surface area contributed by atoms with Crippen molar-refractivity contribution in [2.45, 2.75) is 32.7 Å². The second-order valence-corrected chi connectivity index (χ2v) is 8.59. The number of rotatable bonds is 7. The van der Waals surface area contributed by atoms with Crippen molar-refractivity contribution in [1.29, 1.82) is 0 Å². The standard InChI is InChI=1S/C23H26N4O2S/c1-16-21(17(2)27(25-16)18-9-4-3-5-10-18)22(28)23(29)24-15-19(20-11-8-14-30-20)26-12-6-7-13-26/h3-5,8-11,14,19H,6-7,12-13,15H2,1-2H3,(H,24,29)/t19-/m1/s1. The lowest BCUT2D eigenvalue weighted by molar-refractivity contribution is -0.117. The first kappa shape index (κ1) is 20.5. The van der Waals surface area contributed by atoms with Crippen LogP contribution in [0.25, 0.3) is 5.69 Å². The van der Waals surface area contributed by atoms with E-state index < -0.39 is 11.7 Å². The van der Waals surface area contributed by atoms with Crippen LogP contribution in [0.3, 0.4) is 0 Å². The number of thiophene rings is 1. The van der Waals surface area contributed by atoms with Crippen molar-refractivity contribution in [1.82, 2.24) is 20.0 Å². The number of nitrogens with zero attached hydrogens (tertiary/aromatic N) is 3. The molecule has 0 unspecified atom stereocenters. The Morgan fingerprint density at radius 1 is 1.10 bits per heavy atom. The third kappa shape index (κ3) is 4.08. The van der Waals surface area contributed by atoms with Crippen molar-refractivity contribution in [3.8, 4) is 5.69 Å². The molecule has 0 aliphatic carbocycles. The van der Waals surface area contributed by atoms with Gasteiger partial charge in [-0.3, -0.25) is 14.5 Å². The van der Waals surface area contributed by atoms with Crippen LogP contribution in [0, 0.1) is 13.8 Å². The lowest BCUT2D eigenvalue weighted by Crippen LogP contribution is -2.39. The first-order chi connectivity index (χ1) is 14.6. The quantitative estimate of drug-likeness (QED) is 0.466.